The minimum atomic E-state index is 0.0703. The molecule has 1 amide bonds. The van der Waals surface area contributed by atoms with E-state index in [-0.39, 0.29) is 5.91 Å². The van der Waals surface area contributed by atoms with Gasteiger partial charge in [-0.05, 0) is 48.9 Å². The molecule has 1 aliphatic rings. The summed E-state index contributed by atoms with van der Waals surface area (Å²) < 4.78 is 5.16. The standard InChI is InChI=1S/C16H24N2O2/c1-20-15-7-2-4-12(8-15)9-16(19)18-11-14-6-3-5-13(14)10-17/h2,4,7-8,13-14H,3,5-6,9-11,17H2,1H3,(H,18,19). The van der Waals surface area contributed by atoms with E-state index in [1.54, 1.807) is 7.11 Å². The molecule has 4 nitrogen and oxygen atoms in total. The van der Waals surface area contributed by atoms with Gasteiger partial charge in [0.25, 0.3) is 0 Å². The molecule has 0 aromatic heterocycles. The molecule has 1 aromatic carbocycles. The van der Waals surface area contributed by atoms with Crippen LogP contribution in [0.15, 0.2) is 24.3 Å². The monoisotopic (exact) mass is 276 g/mol. The number of benzene rings is 1. The number of carbonyl (C=O) groups is 1. The number of ether oxygens (including phenoxy) is 1. The predicted molar refractivity (Wildman–Crippen MR) is 79.6 cm³/mol. The van der Waals surface area contributed by atoms with E-state index >= 15 is 0 Å². The van der Waals surface area contributed by atoms with Gasteiger partial charge < -0.3 is 15.8 Å². The maximum atomic E-state index is 12.0. The summed E-state index contributed by atoms with van der Waals surface area (Å²) in [4.78, 5) is 12.0. The van der Waals surface area contributed by atoms with Crippen molar-refractivity contribution in [2.24, 2.45) is 17.6 Å². The first kappa shape index (κ1) is 14.9. The smallest absolute Gasteiger partial charge is 0.224 e. The minimum absolute atomic E-state index is 0.0703. The van der Waals surface area contributed by atoms with E-state index in [1.165, 1.54) is 19.3 Å². The first-order valence-electron chi connectivity index (χ1n) is 7.32. The second kappa shape index (κ2) is 7.29. The molecule has 0 saturated heterocycles. The highest BCUT2D eigenvalue weighted by molar-refractivity contribution is 5.78. The van der Waals surface area contributed by atoms with E-state index in [0.29, 0.717) is 18.3 Å². The quantitative estimate of drug-likeness (QED) is 0.831. The van der Waals surface area contributed by atoms with Gasteiger partial charge in [0.15, 0.2) is 0 Å². The molecule has 110 valence electrons. The number of carbonyl (C=O) groups excluding carboxylic acids is 1. The van der Waals surface area contributed by atoms with Crippen molar-refractivity contribution in [1.82, 2.24) is 5.32 Å². The van der Waals surface area contributed by atoms with Gasteiger partial charge in [0.2, 0.25) is 5.91 Å². The Balaban J connectivity index is 1.80. The van der Waals surface area contributed by atoms with E-state index < -0.39 is 0 Å². The van der Waals surface area contributed by atoms with E-state index in [1.807, 2.05) is 24.3 Å². The molecular weight excluding hydrogens is 252 g/mol. The van der Waals surface area contributed by atoms with Crippen molar-refractivity contribution in [3.63, 3.8) is 0 Å². The highest BCUT2D eigenvalue weighted by Crippen LogP contribution is 2.30. The molecule has 2 unspecified atom stereocenters. The first-order chi connectivity index (χ1) is 9.72. The Labute approximate surface area is 120 Å². The van der Waals surface area contributed by atoms with Crippen LogP contribution in [0.25, 0.3) is 0 Å². The van der Waals surface area contributed by atoms with Crippen molar-refractivity contribution in [2.45, 2.75) is 25.7 Å². The molecule has 20 heavy (non-hydrogen) atoms. The molecule has 0 heterocycles. The molecule has 1 fully saturated rings. The summed E-state index contributed by atoms with van der Waals surface area (Å²) in [5, 5.41) is 3.04. The zero-order valence-corrected chi connectivity index (χ0v) is 12.1. The highest BCUT2D eigenvalue weighted by atomic mass is 16.5. The van der Waals surface area contributed by atoms with Gasteiger partial charge in [0.1, 0.15) is 5.75 Å². The molecule has 1 aliphatic carbocycles. The third kappa shape index (κ3) is 3.97. The van der Waals surface area contributed by atoms with Gasteiger partial charge in [0.05, 0.1) is 13.5 Å². The van der Waals surface area contributed by atoms with Gasteiger partial charge in [-0.25, -0.2) is 0 Å². The average Bonchev–Trinajstić information content (AvgIpc) is 2.93. The first-order valence-corrected chi connectivity index (χ1v) is 7.32. The second-order valence-corrected chi connectivity index (χ2v) is 5.52. The van der Waals surface area contributed by atoms with Crippen LogP contribution in [0.4, 0.5) is 0 Å². The number of methoxy groups -OCH3 is 1. The molecule has 1 aromatic rings. The molecule has 0 spiro atoms. The van der Waals surface area contributed by atoms with Gasteiger partial charge in [-0.3, -0.25) is 4.79 Å². The number of amides is 1. The Morgan fingerprint density at radius 2 is 2.20 bits per heavy atom. The van der Waals surface area contributed by atoms with Crippen LogP contribution in [0.1, 0.15) is 24.8 Å². The van der Waals surface area contributed by atoms with Crippen LogP contribution in [-0.4, -0.2) is 26.1 Å². The Kier molecular flexibility index (Phi) is 5.41. The number of rotatable bonds is 6. The van der Waals surface area contributed by atoms with Crippen LogP contribution in [-0.2, 0) is 11.2 Å². The average molecular weight is 276 g/mol. The molecule has 0 radical (unpaired) electrons. The summed E-state index contributed by atoms with van der Waals surface area (Å²) in [5.74, 6) is 1.98. The molecule has 1 saturated carbocycles. The Morgan fingerprint density at radius 3 is 2.95 bits per heavy atom. The van der Waals surface area contributed by atoms with E-state index in [2.05, 4.69) is 5.32 Å². The normalized spacial score (nSPS) is 21.7. The lowest BCUT2D eigenvalue weighted by Gasteiger charge is -2.18. The van der Waals surface area contributed by atoms with Crippen molar-refractivity contribution in [1.29, 1.82) is 0 Å². The maximum absolute atomic E-state index is 12.0. The summed E-state index contributed by atoms with van der Waals surface area (Å²) in [6.07, 6.45) is 4.02. The number of hydrogen-bond acceptors (Lipinski definition) is 3. The van der Waals surface area contributed by atoms with Gasteiger partial charge >= 0.3 is 0 Å². The second-order valence-electron chi connectivity index (χ2n) is 5.52. The molecule has 0 aliphatic heterocycles. The SMILES string of the molecule is COc1cccc(CC(=O)NCC2CCCC2CN)c1. The van der Waals surface area contributed by atoms with Crippen LogP contribution in [0.5, 0.6) is 5.75 Å². The van der Waals surface area contributed by atoms with Gasteiger partial charge in [-0.2, -0.15) is 0 Å². The summed E-state index contributed by atoms with van der Waals surface area (Å²) >= 11 is 0. The molecular formula is C16H24N2O2. The lowest BCUT2D eigenvalue weighted by molar-refractivity contribution is -0.120. The van der Waals surface area contributed by atoms with Crippen molar-refractivity contribution in [3.05, 3.63) is 29.8 Å². The van der Waals surface area contributed by atoms with Gasteiger partial charge in [0, 0.05) is 6.54 Å². The molecule has 4 heteroatoms. The zero-order chi connectivity index (χ0) is 14.4. The maximum Gasteiger partial charge on any atom is 0.224 e. The minimum Gasteiger partial charge on any atom is -0.497 e. The van der Waals surface area contributed by atoms with Gasteiger partial charge in [-0.15, -0.1) is 0 Å². The van der Waals surface area contributed by atoms with Gasteiger partial charge in [-0.1, -0.05) is 18.6 Å². The van der Waals surface area contributed by atoms with Crippen LogP contribution in [0, 0.1) is 11.8 Å². The fourth-order valence-corrected chi connectivity index (χ4v) is 2.97. The molecule has 3 N–H and O–H groups in total. The van der Waals surface area contributed by atoms with Crippen molar-refractivity contribution in [3.8, 4) is 5.75 Å². The van der Waals surface area contributed by atoms with Crippen LogP contribution in [0.3, 0.4) is 0 Å². The lowest BCUT2D eigenvalue weighted by Crippen LogP contribution is -2.33. The zero-order valence-electron chi connectivity index (χ0n) is 12.1. The Morgan fingerprint density at radius 1 is 1.40 bits per heavy atom. The topological polar surface area (TPSA) is 64.3 Å². The largest absolute Gasteiger partial charge is 0.497 e. The molecule has 2 atom stereocenters. The summed E-state index contributed by atoms with van der Waals surface area (Å²) in [7, 11) is 1.63. The van der Waals surface area contributed by atoms with Crippen LogP contribution in [0.2, 0.25) is 0 Å². The number of nitrogens with one attached hydrogen (secondary N) is 1. The fraction of sp³-hybridized carbons (Fsp3) is 0.562. The Hall–Kier alpha value is -1.55. The third-order valence-electron chi connectivity index (χ3n) is 4.18. The number of hydrogen-bond donors (Lipinski definition) is 2. The molecule has 0 bridgehead atoms. The Bertz CT molecular complexity index is 448. The summed E-state index contributed by atoms with van der Waals surface area (Å²) in [5.41, 5.74) is 6.74. The van der Waals surface area contributed by atoms with Crippen molar-refractivity contribution >= 4 is 5.91 Å². The van der Waals surface area contributed by atoms with Crippen molar-refractivity contribution < 1.29 is 9.53 Å². The molecule has 2 rings (SSSR count). The van der Waals surface area contributed by atoms with Crippen LogP contribution < -0.4 is 15.8 Å². The van der Waals surface area contributed by atoms with E-state index in [0.717, 1.165) is 24.4 Å². The highest BCUT2D eigenvalue weighted by Gasteiger charge is 2.26. The van der Waals surface area contributed by atoms with Crippen molar-refractivity contribution in [2.75, 3.05) is 20.2 Å². The summed E-state index contributed by atoms with van der Waals surface area (Å²) in [6.45, 7) is 1.49. The van der Waals surface area contributed by atoms with E-state index in [4.69, 9.17) is 10.5 Å². The fourth-order valence-electron chi connectivity index (χ4n) is 2.97. The third-order valence-corrected chi connectivity index (χ3v) is 4.18. The number of nitrogens with two attached hydrogens (primary N) is 1. The summed E-state index contributed by atoms with van der Waals surface area (Å²) in [6, 6.07) is 7.63. The predicted octanol–water partition coefficient (Wildman–Crippen LogP) is 1.73. The lowest BCUT2D eigenvalue weighted by atomic mass is 9.96. The van der Waals surface area contributed by atoms with Crippen LogP contribution >= 0.6 is 0 Å². The van der Waals surface area contributed by atoms with E-state index in [9.17, 15) is 4.79 Å².